The molecule has 0 aliphatic heterocycles. The molecule has 0 heterocycles. The SMILES string of the molecule is CC(=O)[C@@H](O)C(=O)O. The first-order valence-electron chi connectivity index (χ1n) is 1.97. The fourth-order valence-electron chi connectivity index (χ4n) is 0.174. The van der Waals surface area contributed by atoms with Gasteiger partial charge in [-0.15, -0.1) is 0 Å². The molecule has 0 aromatic rings. The second-order valence-corrected chi connectivity index (χ2v) is 1.35. The first kappa shape index (κ1) is 7.10. The first-order valence-corrected chi connectivity index (χ1v) is 1.97. The Hall–Kier alpha value is -0.900. The fourth-order valence-corrected chi connectivity index (χ4v) is 0.174. The lowest BCUT2D eigenvalue weighted by atomic mass is 10.3. The van der Waals surface area contributed by atoms with Gasteiger partial charge in [-0.3, -0.25) is 4.79 Å². The maximum Gasteiger partial charge on any atom is 0.340 e. The van der Waals surface area contributed by atoms with Crippen molar-refractivity contribution in [3.05, 3.63) is 0 Å². The third-order valence-corrected chi connectivity index (χ3v) is 0.619. The maximum absolute atomic E-state index is 9.95. The predicted molar refractivity (Wildman–Crippen MR) is 24.3 cm³/mol. The van der Waals surface area contributed by atoms with E-state index in [9.17, 15) is 9.59 Å². The topological polar surface area (TPSA) is 74.6 Å². The Labute approximate surface area is 45.7 Å². The summed E-state index contributed by atoms with van der Waals surface area (Å²) in [4.78, 5) is 19.6. The summed E-state index contributed by atoms with van der Waals surface area (Å²) in [6.07, 6.45) is -1.85. The molecule has 0 unspecified atom stereocenters. The number of aliphatic carboxylic acids is 1. The van der Waals surface area contributed by atoms with Crippen LogP contribution in [0.25, 0.3) is 0 Å². The van der Waals surface area contributed by atoms with Crippen molar-refractivity contribution < 1.29 is 19.8 Å². The normalized spacial score (nSPS) is 12.8. The molecule has 0 saturated heterocycles. The van der Waals surface area contributed by atoms with Crippen molar-refractivity contribution in [3.8, 4) is 0 Å². The highest BCUT2D eigenvalue weighted by molar-refractivity contribution is 5.99. The van der Waals surface area contributed by atoms with Gasteiger partial charge in [-0.1, -0.05) is 0 Å². The molecular weight excluding hydrogens is 112 g/mol. The lowest BCUT2D eigenvalue weighted by Gasteiger charge is -1.95. The van der Waals surface area contributed by atoms with Crippen LogP contribution in [0.3, 0.4) is 0 Å². The molecule has 0 saturated carbocycles. The number of hydrogen-bond donors (Lipinski definition) is 2. The van der Waals surface area contributed by atoms with E-state index in [0.29, 0.717) is 0 Å². The number of aliphatic hydroxyl groups is 1. The molecule has 0 bridgehead atoms. The second kappa shape index (κ2) is 2.42. The van der Waals surface area contributed by atoms with E-state index in [-0.39, 0.29) is 0 Å². The van der Waals surface area contributed by atoms with E-state index in [1.807, 2.05) is 0 Å². The molecular formula is C4H6O4. The average Bonchev–Trinajstić information content (AvgIpc) is 1.64. The van der Waals surface area contributed by atoms with Gasteiger partial charge in [-0.05, 0) is 6.92 Å². The molecule has 0 amide bonds. The second-order valence-electron chi connectivity index (χ2n) is 1.35. The van der Waals surface area contributed by atoms with Gasteiger partial charge >= 0.3 is 5.97 Å². The van der Waals surface area contributed by atoms with E-state index in [1.165, 1.54) is 0 Å². The zero-order valence-corrected chi connectivity index (χ0v) is 4.29. The largest absolute Gasteiger partial charge is 0.479 e. The van der Waals surface area contributed by atoms with E-state index in [4.69, 9.17) is 10.2 Å². The zero-order valence-electron chi connectivity index (χ0n) is 4.29. The van der Waals surface area contributed by atoms with Gasteiger partial charge in [0.25, 0.3) is 0 Å². The van der Waals surface area contributed by atoms with E-state index in [2.05, 4.69) is 0 Å². The van der Waals surface area contributed by atoms with Crippen LogP contribution < -0.4 is 0 Å². The first-order chi connectivity index (χ1) is 3.55. The minimum absolute atomic E-state index is 0.752. The van der Waals surface area contributed by atoms with Crippen LogP contribution in [0.5, 0.6) is 0 Å². The number of carbonyl (C=O) groups excluding carboxylic acids is 1. The fraction of sp³-hybridized carbons (Fsp3) is 0.500. The Morgan fingerprint density at radius 2 is 1.88 bits per heavy atom. The summed E-state index contributed by atoms with van der Waals surface area (Å²) in [5, 5.41) is 16.1. The number of Topliss-reactive ketones (excluding diaryl/α,β-unsaturated/α-hetero) is 1. The molecule has 4 heteroatoms. The van der Waals surface area contributed by atoms with E-state index in [0.717, 1.165) is 6.92 Å². The van der Waals surface area contributed by atoms with Gasteiger partial charge in [0.1, 0.15) is 0 Å². The van der Waals surface area contributed by atoms with Crippen LogP contribution in [0.1, 0.15) is 6.92 Å². The third-order valence-electron chi connectivity index (χ3n) is 0.619. The highest BCUT2D eigenvalue weighted by atomic mass is 16.4. The van der Waals surface area contributed by atoms with Crippen molar-refractivity contribution >= 4 is 11.8 Å². The van der Waals surface area contributed by atoms with Crippen molar-refractivity contribution in [3.63, 3.8) is 0 Å². The summed E-state index contributed by atoms with van der Waals surface area (Å²) in [6.45, 7) is 1.01. The van der Waals surface area contributed by atoms with Crippen LogP contribution in [0.2, 0.25) is 0 Å². The van der Waals surface area contributed by atoms with Crippen molar-refractivity contribution in [2.75, 3.05) is 0 Å². The molecule has 0 aromatic heterocycles. The smallest absolute Gasteiger partial charge is 0.340 e. The van der Waals surface area contributed by atoms with E-state index in [1.54, 1.807) is 0 Å². The number of ketones is 1. The molecule has 46 valence electrons. The highest BCUT2D eigenvalue weighted by Crippen LogP contribution is 1.82. The van der Waals surface area contributed by atoms with Gasteiger partial charge in [0.2, 0.25) is 6.10 Å². The van der Waals surface area contributed by atoms with Crippen molar-refractivity contribution in [2.45, 2.75) is 13.0 Å². The minimum Gasteiger partial charge on any atom is -0.479 e. The molecule has 0 aliphatic carbocycles. The molecule has 0 spiro atoms. The number of aliphatic hydroxyl groups excluding tert-OH is 1. The van der Waals surface area contributed by atoms with Crippen LogP contribution in [0, 0.1) is 0 Å². The quantitative estimate of drug-likeness (QED) is 0.457. The summed E-state index contributed by atoms with van der Waals surface area (Å²) >= 11 is 0. The number of carboxylic acid groups (broad SMARTS) is 1. The Morgan fingerprint density at radius 1 is 1.50 bits per heavy atom. The van der Waals surface area contributed by atoms with Gasteiger partial charge < -0.3 is 10.2 Å². The predicted octanol–water partition coefficient (Wildman–Crippen LogP) is -0.979. The lowest BCUT2D eigenvalue weighted by molar-refractivity contribution is -0.151. The van der Waals surface area contributed by atoms with Crippen molar-refractivity contribution in [1.29, 1.82) is 0 Å². The summed E-state index contributed by atoms with van der Waals surface area (Å²) in [7, 11) is 0. The Balaban J connectivity index is 3.83. The molecule has 2 N–H and O–H groups in total. The molecule has 0 aromatic carbocycles. The van der Waals surface area contributed by atoms with Crippen LogP contribution in [0.15, 0.2) is 0 Å². The maximum atomic E-state index is 9.95. The molecule has 0 radical (unpaired) electrons. The molecule has 0 aliphatic rings. The van der Waals surface area contributed by atoms with Gasteiger partial charge in [0.15, 0.2) is 5.78 Å². The standard InChI is InChI=1S/C4H6O4/c1-2(5)3(6)4(7)8/h3,6H,1H3,(H,7,8)/t3-/m1/s1. The third kappa shape index (κ3) is 1.70. The molecule has 4 nitrogen and oxygen atoms in total. The summed E-state index contributed by atoms with van der Waals surface area (Å²) < 4.78 is 0. The molecule has 0 fully saturated rings. The van der Waals surface area contributed by atoms with Crippen LogP contribution >= 0.6 is 0 Å². The Bertz CT molecular complexity index is 103. The van der Waals surface area contributed by atoms with Crippen molar-refractivity contribution in [2.24, 2.45) is 0 Å². The van der Waals surface area contributed by atoms with E-state index >= 15 is 0 Å². The van der Waals surface area contributed by atoms with Gasteiger partial charge in [-0.2, -0.15) is 0 Å². The monoisotopic (exact) mass is 118 g/mol. The molecule has 8 heavy (non-hydrogen) atoms. The summed E-state index contributed by atoms with van der Waals surface area (Å²) in [5.74, 6) is -2.25. The zero-order chi connectivity index (χ0) is 6.73. The van der Waals surface area contributed by atoms with Crippen LogP contribution in [-0.4, -0.2) is 28.1 Å². The summed E-state index contributed by atoms with van der Waals surface area (Å²) in [5.41, 5.74) is 0. The van der Waals surface area contributed by atoms with Crippen LogP contribution in [0.4, 0.5) is 0 Å². The van der Waals surface area contributed by atoms with Gasteiger partial charge in [0, 0.05) is 0 Å². The highest BCUT2D eigenvalue weighted by Gasteiger charge is 2.17. The van der Waals surface area contributed by atoms with Gasteiger partial charge in [-0.25, -0.2) is 4.79 Å². The Kier molecular flexibility index (Phi) is 2.15. The molecule has 0 rings (SSSR count). The van der Waals surface area contributed by atoms with Gasteiger partial charge in [0.05, 0.1) is 0 Å². The number of carboxylic acids is 1. The Morgan fingerprint density at radius 3 is 1.88 bits per heavy atom. The summed E-state index contributed by atoms with van der Waals surface area (Å²) in [6, 6.07) is 0. The number of carbonyl (C=O) groups is 2. The number of hydrogen-bond acceptors (Lipinski definition) is 3. The van der Waals surface area contributed by atoms with Crippen molar-refractivity contribution in [1.82, 2.24) is 0 Å². The molecule has 1 atom stereocenters. The average molecular weight is 118 g/mol. The van der Waals surface area contributed by atoms with Crippen LogP contribution in [-0.2, 0) is 9.59 Å². The minimum atomic E-state index is -1.85. The van der Waals surface area contributed by atoms with E-state index < -0.39 is 17.9 Å². The lowest BCUT2D eigenvalue weighted by Crippen LogP contribution is -2.26. The number of rotatable bonds is 2.